The molecule has 2 amide bonds. The molecule has 1 aromatic rings. The van der Waals surface area contributed by atoms with Crippen molar-refractivity contribution >= 4 is 17.7 Å². The van der Waals surface area contributed by atoms with Crippen LogP contribution in [0.2, 0.25) is 0 Å². The molecule has 1 rings (SSSR count). The molecule has 6 nitrogen and oxygen atoms in total. The van der Waals surface area contributed by atoms with E-state index >= 15 is 0 Å². The van der Waals surface area contributed by atoms with Crippen molar-refractivity contribution in [3.05, 3.63) is 29.8 Å². The van der Waals surface area contributed by atoms with Crippen molar-refractivity contribution in [2.45, 2.75) is 19.4 Å². The number of urea groups is 1. The van der Waals surface area contributed by atoms with Gasteiger partial charge in [-0.05, 0) is 26.0 Å². The standard InChI is InChI=1S/C14H20N2O4/c1-14(2,9-17)16(4)13(20)15(3)11-8-6-5-7-10(11)12(18)19/h5-8,17H,9H2,1-4H3,(H,18,19). The summed E-state index contributed by atoms with van der Waals surface area (Å²) >= 11 is 0. The molecular weight excluding hydrogens is 260 g/mol. The van der Waals surface area contributed by atoms with Gasteiger partial charge in [-0.2, -0.15) is 0 Å². The minimum atomic E-state index is -1.09. The molecule has 20 heavy (non-hydrogen) atoms. The van der Waals surface area contributed by atoms with Gasteiger partial charge in [0.05, 0.1) is 23.4 Å². The lowest BCUT2D eigenvalue weighted by Gasteiger charge is -2.36. The quantitative estimate of drug-likeness (QED) is 0.878. The summed E-state index contributed by atoms with van der Waals surface area (Å²) in [6.07, 6.45) is 0. The molecule has 0 spiro atoms. The number of para-hydroxylation sites is 1. The van der Waals surface area contributed by atoms with Gasteiger partial charge in [-0.15, -0.1) is 0 Å². The monoisotopic (exact) mass is 280 g/mol. The Labute approximate surface area is 118 Å². The van der Waals surface area contributed by atoms with Crippen LogP contribution in [0, 0.1) is 0 Å². The summed E-state index contributed by atoms with van der Waals surface area (Å²) in [6, 6.07) is 5.90. The highest BCUT2D eigenvalue weighted by molar-refractivity contribution is 6.01. The molecule has 0 aliphatic carbocycles. The van der Waals surface area contributed by atoms with Crippen LogP contribution in [-0.2, 0) is 0 Å². The molecule has 6 heteroatoms. The molecule has 110 valence electrons. The van der Waals surface area contributed by atoms with Gasteiger partial charge in [-0.25, -0.2) is 9.59 Å². The van der Waals surface area contributed by atoms with Crippen LogP contribution in [0.1, 0.15) is 24.2 Å². The van der Waals surface area contributed by atoms with E-state index in [9.17, 15) is 14.7 Å². The summed E-state index contributed by atoms with van der Waals surface area (Å²) in [6.45, 7) is 3.26. The highest BCUT2D eigenvalue weighted by atomic mass is 16.4. The van der Waals surface area contributed by atoms with Gasteiger partial charge in [-0.3, -0.25) is 4.90 Å². The van der Waals surface area contributed by atoms with E-state index in [1.165, 1.54) is 22.9 Å². The molecule has 0 bridgehead atoms. The molecule has 0 atom stereocenters. The zero-order chi connectivity index (χ0) is 15.5. The first kappa shape index (κ1) is 16.0. The van der Waals surface area contributed by atoms with Gasteiger partial charge in [-0.1, -0.05) is 12.1 Å². The largest absolute Gasteiger partial charge is 0.478 e. The van der Waals surface area contributed by atoms with Crippen molar-refractivity contribution in [2.24, 2.45) is 0 Å². The summed E-state index contributed by atoms with van der Waals surface area (Å²) in [5.41, 5.74) is -0.368. The Morgan fingerprint density at radius 2 is 1.75 bits per heavy atom. The number of aliphatic hydroxyl groups is 1. The van der Waals surface area contributed by atoms with Crippen molar-refractivity contribution in [1.82, 2.24) is 4.90 Å². The predicted molar refractivity (Wildman–Crippen MR) is 76.1 cm³/mol. The first-order valence-electron chi connectivity index (χ1n) is 6.17. The Morgan fingerprint density at radius 3 is 2.25 bits per heavy atom. The second kappa shape index (κ2) is 5.92. The van der Waals surface area contributed by atoms with Gasteiger partial charge in [0.25, 0.3) is 0 Å². The van der Waals surface area contributed by atoms with Crippen molar-refractivity contribution < 1.29 is 19.8 Å². The van der Waals surface area contributed by atoms with Crippen LogP contribution < -0.4 is 4.90 Å². The Morgan fingerprint density at radius 1 is 1.20 bits per heavy atom. The lowest BCUT2D eigenvalue weighted by Crippen LogP contribution is -2.52. The fourth-order valence-electron chi connectivity index (χ4n) is 1.64. The smallest absolute Gasteiger partial charge is 0.337 e. The maximum absolute atomic E-state index is 12.4. The van der Waals surface area contributed by atoms with E-state index in [0.717, 1.165) is 0 Å². The van der Waals surface area contributed by atoms with E-state index in [0.29, 0.717) is 5.69 Å². The molecule has 0 radical (unpaired) electrons. The Kier molecular flexibility index (Phi) is 4.73. The molecule has 0 aliphatic rings. The Balaban J connectivity index is 3.10. The fourth-order valence-corrected chi connectivity index (χ4v) is 1.64. The molecule has 1 aromatic carbocycles. The molecule has 0 saturated heterocycles. The average molecular weight is 280 g/mol. The molecule has 0 saturated carbocycles. The zero-order valence-electron chi connectivity index (χ0n) is 12.1. The summed E-state index contributed by atoms with van der Waals surface area (Å²) in [4.78, 5) is 26.2. The Hall–Kier alpha value is -2.08. The van der Waals surface area contributed by atoms with Gasteiger partial charge < -0.3 is 15.1 Å². The van der Waals surface area contributed by atoms with Gasteiger partial charge in [0, 0.05) is 14.1 Å². The summed E-state index contributed by atoms with van der Waals surface area (Å²) in [5, 5.41) is 18.5. The predicted octanol–water partition coefficient (Wildman–Crippen LogP) is 1.64. The number of aliphatic hydroxyl groups excluding tert-OH is 1. The van der Waals surface area contributed by atoms with E-state index in [1.54, 1.807) is 39.1 Å². The van der Waals surface area contributed by atoms with Crippen LogP contribution in [0.15, 0.2) is 24.3 Å². The number of anilines is 1. The molecule has 0 fully saturated rings. The van der Waals surface area contributed by atoms with E-state index in [1.807, 2.05) is 0 Å². The number of rotatable bonds is 4. The number of carboxylic acids is 1. The van der Waals surface area contributed by atoms with E-state index in [4.69, 9.17) is 5.11 Å². The first-order chi connectivity index (χ1) is 9.22. The number of carboxylic acid groups (broad SMARTS) is 1. The van der Waals surface area contributed by atoms with Crippen molar-refractivity contribution in [1.29, 1.82) is 0 Å². The lowest BCUT2D eigenvalue weighted by atomic mass is 10.1. The maximum atomic E-state index is 12.4. The number of benzene rings is 1. The molecular formula is C14H20N2O4. The minimum absolute atomic E-state index is 0.0542. The molecule has 2 N–H and O–H groups in total. The Bertz CT molecular complexity index is 514. The van der Waals surface area contributed by atoms with Crippen LogP contribution in [-0.4, -0.2) is 53.4 Å². The lowest BCUT2D eigenvalue weighted by molar-refractivity contribution is 0.0697. The molecule has 0 heterocycles. The number of carbonyl (C=O) groups excluding carboxylic acids is 1. The van der Waals surface area contributed by atoms with Crippen LogP contribution in [0.25, 0.3) is 0 Å². The summed E-state index contributed by atoms with van der Waals surface area (Å²) in [7, 11) is 3.08. The summed E-state index contributed by atoms with van der Waals surface area (Å²) in [5.74, 6) is -1.09. The van der Waals surface area contributed by atoms with Crippen molar-refractivity contribution in [3.63, 3.8) is 0 Å². The number of aromatic carboxylic acids is 1. The number of hydrogen-bond donors (Lipinski definition) is 2. The van der Waals surface area contributed by atoms with Gasteiger partial charge >= 0.3 is 12.0 Å². The van der Waals surface area contributed by atoms with Gasteiger partial charge in [0.1, 0.15) is 0 Å². The first-order valence-corrected chi connectivity index (χ1v) is 6.17. The third-order valence-electron chi connectivity index (χ3n) is 3.36. The van der Waals surface area contributed by atoms with Gasteiger partial charge in [0.15, 0.2) is 0 Å². The van der Waals surface area contributed by atoms with Crippen LogP contribution in [0.4, 0.5) is 10.5 Å². The van der Waals surface area contributed by atoms with Crippen LogP contribution >= 0.6 is 0 Å². The van der Waals surface area contributed by atoms with Crippen LogP contribution in [0.3, 0.4) is 0 Å². The fraction of sp³-hybridized carbons (Fsp3) is 0.429. The number of nitrogens with zero attached hydrogens (tertiary/aromatic N) is 2. The van der Waals surface area contributed by atoms with E-state index in [-0.39, 0.29) is 12.2 Å². The average Bonchev–Trinajstić information content (AvgIpc) is 2.44. The van der Waals surface area contributed by atoms with Crippen molar-refractivity contribution in [2.75, 3.05) is 25.6 Å². The SMILES string of the molecule is CN(C(=O)N(C)C(C)(C)CO)c1ccccc1C(=O)O. The third kappa shape index (κ3) is 3.08. The highest BCUT2D eigenvalue weighted by Crippen LogP contribution is 2.22. The number of carbonyl (C=O) groups is 2. The normalized spacial score (nSPS) is 11.1. The maximum Gasteiger partial charge on any atom is 0.337 e. The summed E-state index contributed by atoms with van der Waals surface area (Å²) < 4.78 is 0. The second-order valence-electron chi connectivity index (χ2n) is 5.19. The zero-order valence-corrected chi connectivity index (χ0v) is 12.1. The molecule has 0 aromatic heterocycles. The second-order valence-corrected chi connectivity index (χ2v) is 5.19. The van der Waals surface area contributed by atoms with Crippen LogP contribution in [0.5, 0.6) is 0 Å². The number of hydrogen-bond acceptors (Lipinski definition) is 3. The topological polar surface area (TPSA) is 81.1 Å². The van der Waals surface area contributed by atoms with E-state index in [2.05, 4.69) is 0 Å². The van der Waals surface area contributed by atoms with Crippen molar-refractivity contribution in [3.8, 4) is 0 Å². The molecule has 0 unspecified atom stereocenters. The number of likely N-dealkylation sites (N-methyl/N-ethyl adjacent to an activating group) is 1. The third-order valence-corrected chi connectivity index (χ3v) is 3.36. The highest BCUT2D eigenvalue weighted by Gasteiger charge is 2.30. The molecule has 0 aliphatic heterocycles. The van der Waals surface area contributed by atoms with E-state index < -0.39 is 17.5 Å². The van der Waals surface area contributed by atoms with Gasteiger partial charge in [0.2, 0.25) is 0 Å². The number of amides is 2. The minimum Gasteiger partial charge on any atom is -0.478 e.